The molecule has 170 valence electrons. The zero-order chi connectivity index (χ0) is 23.3. The van der Waals surface area contributed by atoms with Crippen LogP contribution in [0.1, 0.15) is 78.6 Å². The second-order valence-corrected chi connectivity index (χ2v) is 12.9. The van der Waals surface area contributed by atoms with Crippen LogP contribution in [0.3, 0.4) is 0 Å². The predicted molar refractivity (Wildman–Crippen MR) is 125 cm³/mol. The molecule has 2 aromatic rings. The maximum absolute atomic E-state index is 13.1. The van der Waals surface area contributed by atoms with E-state index in [0.29, 0.717) is 16.7 Å². The molecule has 4 rings (SSSR count). The van der Waals surface area contributed by atoms with Crippen LogP contribution in [-0.4, -0.2) is 25.1 Å². The summed E-state index contributed by atoms with van der Waals surface area (Å²) in [5.74, 6) is 0.0411. The van der Waals surface area contributed by atoms with Crippen molar-refractivity contribution in [2.75, 3.05) is 5.75 Å². The molecule has 2 aliphatic carbocycles. The second kappa shape index (κ2) is 8.40. The van der Waals surface area contributed by atoms with Crippen LogP contribution in [0.25, 0.3) is 0 Å². The molecule has 0 radical (unpaired) electrons. The number of Topliss-reactive ketones (excluding diaryl/α,β-unsaturated/α-hetero) is 1. The molecule has 1 heterocycles. The maximum atomic E-state index is 13.1. The van der Waals surface area contributed by atoms with Gasteiger partial charge in [-0.1, -0.05) is 19.1 Å². The summed E-state index contributed by atoms with van der Waals surface area (Å²) in [5, 5.41) is 19.6. The summed E-state index contributed by atoms with van der Waals surface area (Å²) < 4.78 is 26.0. The van der Waals surface area contributed by atoms with Crippen LogP contribution in [0.15, 0.2) is 22.4 Å². The number of nitrogens with zero attached hydrogens (tertiary/aromatic N) is 1. The Morgan fingerprint density at radius 3 is 2.66 bits per heavy atom. The van der Waals surface area contributed by atoms with Crippen LogP contribution in [0, 0.1) is 17.2 Å². The van der Waals surface area contributed by atoms with Gasteiger partial charge in [-0.25, -0.2) is 8.42 Å². The molecule has 1 atom stereocenters. The molecular weight excluding hydrogens is 442 g/mol. The number of thiophene rings is 1. The molecule has 0 spiro atoms. The van der Waals surface area contributed by atoms with Gasteiger partial charge < -0.3 is 5.11 Å². The molecule has 7 heteroatoms. The summed E-state index contributed by atoms with van der Waals surface area (Å²) in [6.45, 7) is 5.29. The molecule has 0 saturated heterocycles. The van der Waals surface area contributed by atoms with E-state index in [4.69, 9.17) is 0 Å². The molecule has 1 saturated carbocycles. The van der Waals surface area contributed by atoms with Crippen molar-refractivity contribution in [3.63, 3.8) is 0 Å². The maximum Gasteiger partial charge on any atom is 0.196 e. The fourth-order valence-electron chi connectivity index (χ4n) is 4.76. The van der Waals surface area contributed by atoms with Crippen LogP contribution < -0.4 is 0 Å². The normalized spacial score (nSPS) is 17.1. The van der Waals surface area contributed by atoms with E-state index in [-0.39, 0.29) is 22.0 Å². The average Bonchev–Trinajstić information content (AvgIpc) is 3.25. The number of carbonyl (C=O) groups excluding carboxylic acids is 1. The van der Waals surface area contributed by atoms with Crippen molar-refractivity contribution in [1.82, 2.24) is 0 Å². The molecule has 0 unspecified atom stereocenters. The zero-order valence-corrected chi connectivity index (χ0v) is 20.4. The first-order valence-corrected chi connectivity index (χ1v) is 13.6. The number of carbonyl (C=O) groups is 1. The average molecular weight is 472 g/mol. The van der Waals surface area contributed by atoms with Crippen molar-refractivity contribution in [2.24, 2.45) is 5.92 Å². The zero-order valence-electron chi connectivity index (χ0n) is 18.8. The molecule has 1 N–H and O–H groups in total. The first-order valence-electron chi connectivity index (χ1n) is 11.2. The summed E-state index contributed by atoms with van der Waals surface area (Å²) in [6, 6.07) is 7.64. The van der Waals surface area contributed by atoms with Gasteiger partial charge in [0.15, 0.2) is 15.6 Å². The Morgan fingerprint density at radius 2 is 2.03 bits per heavy atom. The third-order valence-corrected chi connectivity index (χ3v) is 10.4. The Bertz CT molecular complexity index is 1210. The van der Waals surface area contributed by atoms with Gasteiger partial charge in [-0.2, -0.15) is 5.26 Å². The van der Waals surface area contributed by atoms with Crippen molar-refractivity contribution < 1.29 is 18.3 Å². The molecule has 32 heavy (non-hydrogen) atoms. The highest BCUT2D eigenvalue weighted by molar-refractivity contribution is 7.94. The SMILES string of the molecule is C[C@H](c1ccc2c(c1CC(=O)CS(=O)(=O)c1sc(C(C)(C)O)cc1C#N)CCC2)C1CC1. The lowest BCUT2D eigenvalue weighted by Crippen LogP contribution is -2.20. The number of rotatable bonds is 8. The minimum Gasteiger partial charge on any atom is -0.385 e. The highest BCUT2D eigenvalue weighted by Crippen LogP contribution is 2.45. The van der Waals surface area contributed by atoms with E-state index in [1.807, 2.05) is 6.07 Å². The Hall–Kier alpha value is -2.01. The van der Waals surface area contributed by atoms with Crippen LogP contribution in [-0.2, 0) is 39.5 Å². The number of aryl methyl sites for hydroxylation is 1. The molecule has 5 nitrogen and oxygen atoms in total. The van der Waals surface area contributed by atoms with Crippen molar-refractivity contribution >= 4 is 27.0 Å². The van der Waals surface area contributed by atoms with E-state index in [0.717, 1.165) is 36.2 Å². The van der Waals surface area contributed by atoms with Gasteiger partial charge in [-0.05, 0) is 86.1 Å². The first kappa shape index (κ1) is 23.2. The molecule has 0 aliphatic heterocycles. The number of fused-ring (bicyclic) bond motifs is 1. The van der Waals surface area contributed by atoms with Gasteiger partial charge in [0.2, 0.25) is 0 Å². The van der Waals surface area contributed by atoms with Crippen LogP contribution in [0.2, 0.25) is 0 Å². The Kier molecular flexibility index (Phi) is 6.08. The molecule has 0 amide bonds. The third-order valence-electron chi connectivity index (χ3n) is 6.69. The molecule has 2 aliphatic rings. The molecule has 1 aromatic carbocycles. The fraction of sp³-hybridized carbons (Fsp3) is 0.520. The lowest BCUT2D eigenvalue weighted by atomic mass is 9.86. The highest BCUT2D eigenvalue weighted by Gasteiger charge is 2.33. The van der Waals surface area contributed by atoms with Crippen molar-refractivity contribution in [2.45, 2.75) is 75.0 Å². The van der Waals surface area contributed by atoms with Crippen LogP contribution in [0.5, 0.6) is 0 Å². The second-order valence-electron chi connectivity index (χ2n) is 9.71. The lowest BCUT2D eigenvalue weighted by molar-refractivity contribution is -0.116. The van der Waals surface area contributed by atoms with E-state index >= 15 is 0 Å². The van der Waals surface area contributed by atoms with Crippen LogP contribution >= 0.6 is 11.3 Å². The van der Waals surface area contributed by atoms with Gasteiger partial charge in [0, 0.05) is 11.3 Å². The van der Waals surface area contributed by atoms with Crippen molar-refractivity contribution in [3.05, 3.63) is 50.9 Å². The first-order chi connectivity index (χ1) is 15.0. The number of ketones is 1. The number of nitriles is 1. The van der Waals surface area contributed by atoms with Gasteiger partial charge in [0.25, 0.3) is 0 Å². The molecule has 1 aromatic heterocycles. The van der Waals surface area contributed by atoms with E-state index in [9.17, 15) is 23.6 Å². The predicted octanol–water partition coefficient (Wildman–Crippen LogP) is 4.43. The summed E-state index contributed by atoms with van der Waals surface area (Å²) in [5.41, 5.74) is 3.47. The Balaban J connectivity index is 1.62. The smallest absolute Gasteiger partial charge is 0.196 e. The van der Waals surface area contributed by atoms with Gasteiger partial charge in [0.1, 0.15) is 16.0 Å². The third kappa shape index (κ3) is 4.54. The Labute approximate surface area is 194 Å². The van der Waals surface area contributed by atoms with Gasteiger partial charge >= 0.3 is 0 Å². The fourth-order valence-corrected chi connectivity index (χ4v) is 7.65. The summed E-state index contributed by atoms with van der Waals surface area (Å²) >= 11 is 0.874. The number of aliphatic hydroxyl groups is 1. The number of hydrogen-bond donors (Lipinski definition) is 1. The van der Waals surface area contributed by atoms with Crippen molar-refractivity contribution in [1.29, 1.82) is 5.26 Å². The highest BCUT2D eigenvalue weighted by atomic mass is 32.2. The summed E-state index contributed by atoms with van der Waals surface area (Å²) in [4.78, 5) is 13.4. The quantitative estimate of drug-likeness (QED) is 0.614. The summed E-state index contributed by atoms with van der Waals surface area (Å²) in [7, 11) is -3.98. The Morgan fingerprint density at radius 1 is 1.31 bits per heavy atom. The van der Waals surface area contributed by atoms with Crippen molar-refractivity contribution in [3.8, 4) is 6.07 Å². The standard InChI is InChI=1S/C25H29NO4S2/c1-15(16-7-8-16)20-10-9-17-5-4-6-21(17)22(20)12-19(27)14-32(29,30)24-18(13-26)11-23(31-24)25(2,3)28/h9-11,15-16,28H,4-8,12,14H2,1-3H3/t15-/m0/s1. The number of hydrogen-bond acceptors (Lipinski definition) is 6. The van der Waals surface area contributed by atoms with Gasteiger partial charge in [0.05, 0.1) is 11.2 Å². The molecular formula is C25H29NO4S2. The summed E-state index contributed by atoms with van der Waals surface area (Å²) in [6.07, 6.45) is 5.54. The van der Waals surface area contributed by atoms with Gasteiger partial charge in [-0.3, -0.25) is 4.79 Å². The van der Waals surface area contributed by atoms with E-state index in [1.54, 1.807) is 13.8 Å². The van der Waals surface area contributed by atoms with Crippen LogP contribution in [0.4, 0.5) is 0 Å². The van der Waals surface area contributed by atoms with E-state index < -0.39 is 21.2 Å². The largest absolute Gasteiger partial charge is 0.385 e. The monoisotopic (exact) mass is 471 g/mol. The minimum absolute atomic E-state index is 0.0106. The number of benzene rings is 1. The topological polar surface area (TPSA) is 95.2 Å². The molecule has 1 fully saturated rings. The van der Waals surface area contributed by atoms with Gasteiger partial charge in [-0.15, -0.1) is 11.3 Å². The van der Waals surface area contributed by atoms with E-state index in [1.165, 1.54) is 35.6 Å². The molecule has 0 bridgehead atoms. The number of sulfone groups is 1. The minimum atomic E-state index is -3.98. The lowest BCUT2D eigenvalue weighted by Gasteiger charge is -2.19. The van der Waals surface area contributed by atoms with E-state index in [2.05, 4.69) is 19.1 Å².